The Kier molecular flexibility index (Phi) is 3.64. The molecule has 2 unspecified atom stereocenters. The molecule has 1 aliphatic carbocycles. The number of hydrogen-bond donors (Lipinski definition) is 1. The van der Waals surface area contributed by atoms with Gasteiger partial charge in [0.05, 0.1) is 0 Å². The third kappa shape index (κ3) is 2.13. The monoisotopic (exact) mass is 213 g/mol. The van der Waals surface area contributed by atoms with E-state index in [9.17, 15) is 0 Å². The minimum absolute atomic E-state index is 0.458. The molecule has 0 bridgehead atoms. The minimum atomic E-state index is 0.458. The predicted octanol–water partition coefficient (Wildman–Crippen LogP) is 2.72. The average molecular weight is 213 g/mol. The smallest absolute Gasteiger partial charge is 0.0248 e. The molecular weight excluding hydrogens is 194 g/mol. The van der Waals surface area contributed by atoms with E-state index >= 15 is 0 Å². The number of rotatable bonds is 5. The largest absolute Gasteiger partial charge is 0.312 e. The van der Waals surface area contributed by atoms with Gasteiger partial charge in [-0.1, -0.05) is 31.2 Å². The highest BCUT2D eigenvalue weighted by Gasteiger charge is 2.31. The fourth-order valence-electron chi connectivity index (χ4n) is 2.47. The second-order valence-corrected chi connectivity index (χ2v) is 4.48. The SMILES string of the molecule is C#CCC(NCCC)C1Cc2ccccc21. The van der Waals surface area contributed by atoms with Crippen LogP contribution in [0, 0.1) is 12.3 Å². The van der Waals surface area contributed by atoms with Crippen molar-refractivity contribution in [2.75, 3.05) is 6.54 Å². The maximum absolute atomic E-state index is 5.45. The van der Waals surface area contributed by atoms with Crippen LogP contribution in [-0.4, -0.2) is 12.6 Å². The van der Waals surface area contributed by atoms with Gasteiger partial charge in [0.1, 0.15) is 0 Å². The molecular formula is C15H19N. The van der Waals surface area contributed by atoms with Gasteiger partial charge in [0, 0.05) is 18.4 Å². The van der Waals surface area contributed by atoms with E-state index in [1.807, 2.05) is 0 Å². The second kappa shape index (κ2) is 5.18. The molecule has 0 aliphatic heterocycles. The summed E-state index contributed by atoms with van der Waals surface area (Å²) in [6, 6.07) is 9.15. The number of benzene rings is 1. The molecule has 0 amide bonds. The summed E-state index contributed by atoms with van der Waals surface area (Å²) in [6.07, 6.45) is 8.62. The van der Waals surface area contributed by atoms with Crippen LogP contribution in [0.5, 0.6) is 0 Å². The van der Waals surface area contributed by atoms with Gasteiger partial charge in [-0.05, 0) is 30.5 Å². The van der Waals surface area contributed by atoms with Crippen molar-refractivity contribution in [1.29, 1.82) is 0 Å². The molecule has 0 saturated carbocycles. The Morgan fingerprint density at radius 1 is 1.50 bits per heavy atom. The Morgan fingerprint density at radius 2 is 2.31 bits per heavy atom. The third-order valence-corrected chi connectivity index (χ3v) is 3.37. The highest BCUT2D eigenvalue weighted by atomic mass is 14.9. The molecule has 1 aromatic carbocycles. The van der Waals surface area contributed by atoms with E-state index in [1.54, 1.807) is 0 Å². The quantitative estimate of drug-likeness (QED) is 0.742. The zero-order chi connectivity index (χ0) is 11.4. The van der Waals surface area contributed by atoms with Crippen LogP contribution < -0.4 is 5.32 Å². The molecule has 84 valence electrons. The maximum atomic E-state index is 5.45. The molecule has 0 heterocycles. The summed E-state index contributed by atoms with van der Waals surface area (Å²) in [5, 5.41) is 3.57. The summed E-state index contributed by atoms with van der Waals surface area (Å²) in [6.45, 7) is 3.25. The Bertz CT molecular complexity index is 389. The molecule has 0 fully saturated rings. The first kappa shape index (κ1) is 11.2. The second-order valence-electron chi connectivity index (χ2n) is 4.48. The number of hydrogen-bond acceptors (Lipinski definition) is 1. The van der Waals surface area contributed by atoms with Crippen molar-refractivity contribution in [3.8, 4) is 12.3 Å². The summed E-state index contributed by atoms with van der Waals surface area (Å²) < 4.78 is 0. The fourth-order valence-corrected chi connectivity index (χ4v) is 2.47. The summed E-state index contributed by atoms with van der Waals surface area (Å²) >= 11 is 0. The molecule has 1 N–H and O–H groups in total. The van der Waals surface area contributed by atoms with Gasteiger partial charge in [0.2, 0.25) is 0 Å². The molecule has 2 atom stereocenters. The van der Waals surface area contributed by atoms with Crippen LogP contribution in [0.1, 0.15) is 36.8 Å². The molecule has 0 spiro atoms. The first-order valence-corrected chi connectivity index (χ1v) is 6.11. The van der Waals surface area contributed by atoms with Crippen molar-refractivity contribution in [2.24, 2.45) is 0 Å². The highest BCUT2D eigenvalue weighted by Crippen LogP contribution is 2.38. The number of fused-ring (bicyclic) bond motifs is 1. The maximum Gasteiger partial charge on any atom is 0.0248 e. The fraction of sp³-hybridized carbons (Fsp3) is 0.467. The van der Waals surface area contributed by atoms with E-state index in [0.717, 1.165) is 19.4 Å². The van der Waals surface area contributed by atoms with E-state index in [4.69, 9.17) is 6.42 Å². The van der Waals surface area contributed by atoms with E-state index in [1.165, 1.54) is 17.5 Å². The standard InChI is InChI=1S/C15H19N/c1-3-7-15(16-10-4-2)14-11-12-8-5-6-9-13(12)14/h1,5-6,8-9,14-16H,4,7,10-11H2,2H3. The molecule has 16 heavy (non-hydrogen) atoms. The molecule has 2 rings (SSSR count). The van der Waals surface area contributed by atoms with Crippen molar-refractivity contribution in [1.82, 2.24) is 5.32 Å². The molecule has 1 nitrogen and oxygen atoms in total. The van der Waals surface area contributed by atoms with Crippen LogP contribution in [0.4, 0.5) is 0 Å². The Labute approximate surface area is 98.3 Å². The summed E-state index contributed by atoms with van der Waals surface area (Å²) in [5.41, 5.74) is 2.99. The van der Waals surface area contributed by atoms with Crippen LogP contribution in [0.25, 0.3) is 0 Å². The molecule has 0 radical (unpaired) electrons. The lowest BCUT2D eigenvalue weighted by molar-refractivity contribution is 0.406. The van der Waals surface area contributed by atoms with Crippen LogP contribution >= 0.6 is 0 Å². The average Bonchev–Trinajstić information content (AvgIpc) is 2.27. The van der Waals surface area contributed by atoms with Crippen molar-refractivity contribution in [3.63, 3.8) is 0 Å². The van der Waals surface area contributed by atoms with Gasteiger partial charge < -0.3 is 5.32 Å². The molecule has 1 aliphatic rings. The third-order valence-electron chi connectivity index (χ3n) is 3.37. The zero-order valence-corrected chi connectivity index (χ0v) is 9.87. The lowest BCUT2D eigenvalue weighted by atomic mass is 9.72. The Balaban J connectivity index is 2.04. The van der Waals surface area contributed by atoms with E-state index < -0.39 is 0 Å². The Hall–Kier alpha value is -1.26. The predicted molar refractivity (Wildman–Crippen MR) is 68.4 cm³/mol. The topological polar surface area (TPSA) is 12.0 Å². The Morgan fingerprint density at radius 3 is 3.00 bits per heavy atom. The normalized spacial score (nSPS) is 19.4. The van der Waals surface area contributed by atoms with Crippen molar-refractivity contribution >= 4 is 0 Å². The molecule has 0 aromatic heterocycles. The minimum Gasteiger partial charge on any atom is -0.312 e. The van der Waals surface area contributed by atoms with Crippen molar-refractivity contribution < 1.29 is 0 Å². The van der Waals surface area contributed by atoms with E-state index in [0.29, 0.717) is 12.0 Å². The van der Waals surface area contributed by atoms with Gasteiger partial charge in [0.15, 0.2) is 0 Å². The van der Waals surface area contributed by atoms with Crippen molar-refractivity contribution in [2.45, 2.75) is 38.1 Å². The molecule has 0 saturated heterocycles. The zero-order valence-electron chi connectivity index (χ0n) is 9.87. The lowest BCUT2D eigenvalue weighted by Gasteiger charge is -2.36. The van der Waals surface area contributed by atoms with Gasteiger partial charge in [-0.15, -0.1) is 12.3 Å². The van der Waals surface area contributed by atoms with E-state index in [2.05, 4.69) is 42.4 Å². The molecule has 1 aromatic rings. The lowest BCUT2D eigenvalue weighted by Crippen LogP contribution is -2.40. The summed E-state index contributed by atoms with van der Waals surface area (Å²) in [7, 11) is 0. The summed E-state index contributed by atoms with van der Waals surface area (Å²) in [4.78, 5) is 0. The van der Waals surface area contributed by atoms with Crippen LogP contribution in [0.3, 0.4) is 0 Å². The van der Waals surface area contributed by atoms with Gasteiger partial charge >= 0.3 is 0 Å². The van der Waals surface area contributed by atoms with Gasteiger partial charge in [0.25, 0.3) is 0 Å². The first-order chi connectivity index (χ1) is 7.86. The van der Waals surface area contributed by atoms with Crippen LogP contribution in [-0.2, 0) is 6.42 Å². The number of terminal acetylenes is 1. The van der Waals surface area contributed by atoms with Crippen LogP contribution in [0.15, 0.2) is 24.3 Å². The van der Waals surface area contributed by atoms with E-state index in [-0.39, 0.29) is 0 Å². The van der Waals surface area contributed by atoms with Gasteiger partial charge in [-0.3, -0.25) is 0 Å². The van der Waals surface area contributed by atoms with Gasteiger partial charge in [-0.25, -0.2) is 0 Å². The van der Waals surface area contributed by atoms with Crippen molar-refractivity contribution in [3.05, 3.63) is 35.4 Å². The van der Waals surface area contributed by atoms with Gasteiger partial charge in [-0.2, -0.15) is 0 Å². The number of nitrogens with one attached hydrogen (secondary N) is 1. The summed E-state index contributed by atoms with van der Waals surface area (Å²) in [5.74, 6) is 3.42. The first-order valence-electron chi connectivity index (χ1n) is 6.11. The molecule has 1 heteroatoms. The highest BCUT2D eigenvalue weighted by molar-refractivity contribution is 5.41. The van der Waals surface area contributed by atoms with Crippen LogP contribution in [0.2, 0.25) is 0 Å².